The third-order valence-corrected chi connectivity index (χ3v) is 3.94. The lowest BCUT2D eigenvalue weighted by Gasteiger charge is -2.35. The molecule has 2 nitrogen and oxygen atoms in total. The Morgan fingerprint density at radius 3 is 2.69 bits per heavy atom. The van der Waals surface area contributed by atoms with Crippen molar-refractivity contribution in [2.24, 2.45) is 23.7 Å². The minimum absolute atomic E-state index is 0.164. The Bertz CT molecular complexity index is 275. The maximum atomic E-state index is 11.2. The molecule has 1 fully saturated rings. The molecule has 0 bridgehead atoms. The summed E-state index contributed by atoms with van der Waals surface area (Å²) in [5, 5.41) is 9.18. The van der Waals surface area contributed by atoms with E-state index in [9.17, 15) is 9.90 Å². The van der Waals surface area contributed by atoms with Crippen LogP contribution in [0.25, 0.3) is 0 Å². The van der Waals surface area contributed by atoms with Crippen molar-refractivity contribution in [3.8, 4) is 12.3 Å². The maximum absolute atomic E-state index is 11.2. The van der Waals surface area contributed by atoms with E-state index in [1.165, 1.54) is 0 Å². The van der Waals surface area contributed by atoms with Crippen molar-refractivity contribution < 1.29 is 9.90 Å². The number of aliphatic carboxylic acids is 1. The fraction of sp³-hybridized carbons (Fsp3) is 0.786. The molecule has 0 aromatic heterocycles. The third-order valence-electron chi connectivity index (χ3n) is 3.94. The molecule has 0 heterocycles. The average molecular weight is 222 g/mol. The van der Waals surface area contributed by atoms with E-state index in [1.807, 2.05) is 0 Å². The summed E-state index contributed by atoms with van der Waals surface area (Å²) in [6, 6.07) is 0. The molecule has 0 radical (unpaired) electrons. The van der Waals surface area contributed by atoms with Crippen LogP contribution in [0, 0.1) is 36.0 Å². The molecule has 3 atom stereocenters. The van der Waals surface area contributed by atoms with Gasteiger partial charge in [-0.2, -0.15) is 0 Å². The van der Waals surface area contributed by atoms with Crippen molar-refractivity contribution in [3.63, 3.8) is 0 Å². The molecule has 90 valence electrons. The monoisotopic (exact) mass is 222 g/mol. The van der Waals surface area contributed by atoms with Gasteiger partial charge in [-0.1, -0.05) is 13.8 Å². The van der Waals surface area contributed by atoms with Gasteiger partial charge in [-0.05, 0) is 43.4 Å². The van der Waals surface area contributed by atoms with Crippen LogP contribution in [0.1, 0.15) is 46.0 Å². The number of carboxylic acids is 1. The highest BCUT2D eigenvalue weighted by molar-refractivity contribution is 5.70. The van der Waals surface area contributed by atoms with Crippen molar-refractivity contribution in [3.05, 3.63) is 0 Å². The minimum atomic E-state index is -0.635. The van der Waals surface area contributed by atoms with Gasteiger partial charge < -0.3 is 5.11 Å². The maximum Gasteiger partial charge on any atom is 0.306 e. The molecule has 1 N–H and O–H groups in total. The lowest BCUT2D eigenvalue weighted by molar-refractivity contribution is -0.145. The zero-order valence-electron chi connectivity index (χ0n) is 10.3. The molecule has 1 aliphatic rings. The van der Waals surface area contributed by atoms with Crippen LogP contribution in [0.4, 0.5) is 0 Å². The largest absolute Gasteiger partial charge is 0.481 e. The van der Waals surface area contributed by atoms with Crippen LogP contribution < -0.4 is 0 Å². The van der Waals surface area contributed by atoms with Crippen molar-refractivity contribution in [2.45, 2.75) is 46.0 Å². The van der Waals surface area contributed by atoms with Crippen LogP contribution in [0.15, 0.2) is 0 Å². The second kappa shape index (κ2) is 5.94. The molecule has 0 spiro atoms. The van der Waals surface area contributed by atoms with Gasteiger partial charge >= 0.3 is 5.97 Å². The molecular weight excluding hydrogens is 200 g/mol. The van der Waals surface area contributed by atoms with Crippen molar-refractivity contribution in [1.29, 1.82) is 0 Å². The summed E-state index contributed by atoms with van der Waals surface area (Å²) >= 11 is 0. The number of rotatable bonds is 4. The molecule has 0 saturated heterocycles. The molecule has 0 amide bonds. The standard InChI is InChI=1S/C14H22O2/c1-4-5-6-12-9-11(10(2)3)7-8-13(12)14(15)16/h1,10-13H,5-9H2,2-3H3,(H,15,16). The third kappa shape index (κ3) is 3.27. The Balaban J connectivity index is 2.62. The number of hydrogen-bond acceptors (Lipinski definition) is 1. The van der Waals surface area contributed by atoms with Crippen LogP contribution in [0.3, 0.4) is 0 Å². The Morgan fingerprint density at radius 1 is 1.50 bits per heavy atom. The lowest BCUT2D eigenvalue weighted by atomic mass is 9.69. The van der Waals surface area contributed by atoms with E-state index < -0.39 is 5.97 Å². The molecule has 1 rings (SSSR count). The fourth-order valence-corrected chi connectivity index (χ4v) is 2.82. The first kappa shape index (κ1) is 13.1. The molecule has 2 heteroatoms. The Morgan fingerprint density at radius 2 is 2.19 bits per heavy atom. The Hall–Kier alpha value is -0.970. The minimum Gasteiger partial charge on any atom is -0.481 e. The zero-order valence-corrected chi connectivity index (χ0v) is 10.3. The lowest BCUT2D eigenvalue weighted by Crippen LogP contribution is -2.32. The normalized spacial score (nSPS) is 30.0. The molecule has 0 aromatic rings. The van der Waals surface area contributed by atoms with Gasteiger partial charge in [-0.25, -0.2) is 0 Å². The summed E-state index contributed by atoms with van der Waals surface area (Å²) in [6.07, 6.45) is 9.77. The highest BCUT2D eigenvalue weighted by atomic mass is 16.4. The van der Waals surface area contributed by atoms with Crippen LogP contribution in [0.5, 0.6) is 0 Å². The van der Waals surface area contributed by atoms with E-state index in [-0.39, 0.29) is 11.8 Å². The predicted octanol–water partition coefficient (Wildman–Crippen LogP) is 3.17. The van der Waals surface area contributed by atoms with Gasteiger partial charge in [0.2, 0.25) is 0 Å². The molecule has 0 aromatic carbocycles. The van der Waals surface area contributed by atoms with E-state index in [0.717, 1.165) is 25.7 Å². The van der Waals surface area contributed by atoms with Crippen molar-refractivity contribution in [1.82, 2.24) is 0 Å². The number of carboxylic acid groups (broad SMARTS) is 1. The van der Waals surface area contributed by atoms with Gasteiger partial charge in [0.1, 0.15) is 0 Å². The molecule has 0 aliphatic heterocycles. The Kier molecular flexibility index (Phi) is 4.86. The van der Waals surface area contributed by atoms with Gasteiger partial charge in [0.15, 0.2) is 0 Å². The summed E-state index contributed by atoms with van der Waals surface area (Å²) in [6.45, 7) is 4.45. The topological polar surface area (TPSA) is 37.3 Å². The van der Waals surface area contributed by atoms with Gasteiger partial charge in [-0.3, -0.25) is 4.79 Å². The fourth-order valence-electron chi connectivity index (χ4n) is 2.82. The SMILES string of the molecule is C#CCCC1CC(C(C)C)CCC1C(=O)O. The smallest absolute Gasteiger partial charge is 0.306 e. The first-order valence-electron chi connectivity index (χ1n) is 6.22. The summed E-state index contributed by atoms with van der Waals surface area (Å²) in [5.74, 6) is 3.45. The number of carbonyl (C=O) groups is 1. The molecular formula is C14H22O2. The van der Waals surface area contributed by atoms with Crippen molar-refractivity contribution >= 4 is 5.97 Å². The first-order valence-corrected chi connectivity index (χ1v) is 6.22. The highest BCUT2D eigenvalue weighted by Crippen LogP contribution is 2.39. The summed E-state index contributed by atoms with van der Waals surface area (Å²) in [5.41, 5.74) is 0. The second-order valence-electron chi connectivity index (χ2n) is 5.26. The summed E-state index contributed by atoms with van der Waals surface area (Å²) in [7, 11) is 0. The quantitative estimate of drug-likeness (QED) is 0.742. The van der Waals surface area contributed by atoms with Crippen LogP contribution in [-0.4, -0.2) is 11.1 Å². The van der Waals surface area contributed by atoms with Gasteiger partial charge in [0, 0.05) is 6.42 Å². The second-order valence-corrected chi connectivity index (χ2v) is 5.26. The number of terminal acetylenes is 1. The van der Waals surface area contributed by atoms with E-state index >= 15 is 0 Å². The van der Waals surface area contributed by atoms with Crippen molar-refractivity contribution in [2.75, 3.05) is 0 Å². The average Bonchev–Trinajstić information content (AvgIpc) is 2.25. The van der Waals surface area contributed by atoms with E-state index in [2.05, 4.69) is 19.8 Å². The Labute approximate surface area is 98.4 Å². The van der Waals surface area contributed by atoms with Gasteiger partial charge in [0.25, 0.3) is 0 Å². The number of hydrogen-bond donors (Lipinski definition) is 1. The highest BCUT2D eigenvalue weighted by Gasteiger charge is 2.35. The van der Waals surface area contributed by atoms with Crippen LogP contribution in [-0.2, 0) is 4.79 Å². The summed E-state index contributed by atoms with van der Waals surface area (Å²) < 4.78 is 0. The summed E-state index contributed by atoms with van der Waals surface area (Å²) in [4.78, 5) is 11.2. The molecule has 16 heavy (non-hydrogen) atoms. The van der Waals surface area contributed by atoms with E-state index in [1.54, 1.807) is 0 Å². The first-order chi connectivity index (χ1) is 7.56. The molecule has 3 unspecified atom stereocenters. The van der Waals surface area contributed by atoms with E-state index in [4.69, 9.17) is 6.42 Å². The van der Waals surface area contributed by atoms with Gasteiger partial charge in [0.05, 0.1) is 5.92 Å². The molecule has 1 aliphatic carbocycles. The van der Waals surface area contributed by atoms with Crippen LogP contribution >= 0.6 is 0 Å². The van der Waals surface area contributed by atoms with E-state index in [0.29, 0.717) is 18.3 Å². The predicted molar refractivity (Wildman–Crippen MR) is 64.9 cm³/mol. The van der Waals surface area contributed by atoms with Crippen LogP contribution in [0.2, 0.25) is 0 Å². The molecule has 1 saturated carbocycles. The zero-order chi connectivity index (χ0) is 12.1. The van der Waals surface area contributed by atoms with Gasteiger partial charge in [-0.15, -0.1) is 12.3 Å².